The van der Waals surface area contributed by atoms with Gasteiger partial charge in [-0.25, -0.2) is 4.39 Å². The zero-order chi connectivity index (χ0) is 38.6. The Bertz CT molecular complexity index is 2900. The topological polar surface area (TPSA) is 38.9 Å². The second kappa shape index (κ2) is 15.4. The number of fused-ring (bicyclic) bond motifs is 8. The Morgan fingerprint density at radius 3 is 2.45 bits per heavy atom. The molecule has 1 aliphatic rings. The number of benzene rings is 5. The first kappa shape index (κ1) is 34.7. The summed E-state index contributed by atoms with van der Waals surface area (Å²) in [6.45, 7) is 6.89. The van der Waals surface area contributed by atoms with E-state index in [0.717, 1.165) is 33.3 Å². The molecular formula is C48H39FIrN2OSSi-2. The van der Waals surface area contributed by atoms with E-state index < -0.39 is 14.4 Å². The van der Waals surface area contributed by atoms with E-state index >= 15 is 0 Å². The normalized spacial score (nSPS) is 13.5. The van der Waals surface area contributed by atoms with Gasteiger partial charge < -0.3 is 14.4 Å². The third-order valence-corrected chi connectivity index (χ3v) is 13.5. The van der Waals surface area contributed by atoms with Crippen molar-refractivity contribution in [3.05, 3.63) is 162 Å². The van der Waals surface area contributed by atoms with Crippen molar-refractivity contribution >= 4 is 66.7 Å². The molecule has 0 amide bonds. The van der Waals surface area contributed by atoms with Gasteiger partial charge in [0.1, 0.15) is 11.4 Å². The average Bonchev–Trinajstić information content (AvgIpc) is 3.79. The third-order valence-electron chi connectivity index (χ3n) is 10.3. The van der Waals surface area contributed by atoms with Crippen molar-refractivity contribution in [2.24, 2.45) is 0 Å². The zero-order valence-corrected chi connectivity index (χ0v) is 35.0. The van der Waals surface area contributed by atoms with Gasteiger partial charge >= 0.3 is 0 Å². The number of pyridine rings is 2. The van der Waals surface area contributed by atoms with Gasteiger partial charge in [-0.1, -0.05) is 96.6 Å². The van der Waals surface area contributed by atoms with Crippen LogP contribution in [0.3, 0.4) is 0 Å². The quantitative estimate of drug-likeness (QED) is 0.127. The molecule has 1 aliphatic carbocycles. The predicted molar refractivity (Wildman–Crippen MR) is 226 cm³/mol. The molecule has 55 heavy (non-hydrogen) atoms. The molecule has 9 aromatic rings. The Labute approximate surface area is 342 Å². The molecule has 4 heterocycles. The zero-order valence-electron chi connectivity index (χ0n) is 32.8. The minimum atomic E-state index is -1.59. The van der Waals surface area contributed by atoms with Gasteiger partial charge in [0, 0.05) is 51.4 Å². The molecule has 0 fully saturated rings. The molecule has 0 spiro atoms. The van der Waals surface area contributed by atoms with Gasteiger partial charge in [-0.15, -0.1) is 42.0 Å². The summed E-state index contributed by atoms with van der Waals surface area (Å²) in [4.78, 5) is 9.19. The van der Waals surface area contributed by atoms with Gasteiger partial charge in [-0.3, -0.25) is 0 Å². The Morgan fingerprint density at radius 2 is 1.64 bits per heavy atom. The second-order valence-corrected chi connectivity index (χ2v) is 21.1. The summed E-state index contributed by atoms with van der Waals surface area (Å²) in [5, 5.41) is 5.72. The molecule has 0 atom stereocenters. The summed E-state index contributed by atoms with van der Waals surface area (Å²) in [6, 6.07) is 41.0. The van der Waals surface area contributed by atoms with Crippen LogP contribution in [0.1, 0.15) is 37.8 Å². The van der Waals surface area contributed by atoms with Crippen LogP contribution in [0.4, 0.5) is 4.39 Å². The monoisotopic (exact) mass is 933 g/mol. The molecule has 0 bridgehead atoms. The molecule has 4 aromatic heterocycles. The summed E-state index contributed by atoms with van der Waals surface area (Å²) in [5.74, 6) is -0.301. The van der Waals surface area contributed by atoms with Crippen LogP contribution in [-0.4, -0.2) is 18.0 Å². The number of halogens is 1. The predicted octanol–water partition coefficient (Wildman–Crippen LogP) is 12.5. The van der Waals surface area contributed by atoms with E-state index in [2.05, 4.69) is 72.1 Å². The van der Waals surface area contributed by atoms with E-state index in [4.69, 9.17) is 7.16 Å². The van der Waals surface area contributed by atoms with Crippen LogP contribution < -0.4 is 5.19 Å². The first-order valence-corrected chi connectivity index (χ1v) is 22.8. The minimum Gasteiger partial charge on any atom is -0.500 e. The van der Waals surface area contributed by atoms with Crippen LogP contribution in [0.5, 0.6) is 0 Å². The molecule has 7 heteroatoms. The number of hydrogen-bond donors (Lipinski definition) is 0. The maximum atomic E-state index is 13.5. The molecule has 5 aromatic carbocycles. The van der Waals surface area contributed by atoms with E-state index in [9.17, 15) is 4.39 Å². The van der Waals surface area contributed by atoms with E-state index in [0.29, 0.717) is 22.3 Å². The number of aryl methyl sites for hydroxylation is 2. The number of aromatic nitrogens is 2. The van der Waals surface area contributed by atoms with Gasteiger partial charge in [0.2, 0.25) is 0 Å². The Hall–Kier alpha value is -4.78. The van der Waals surface area contributed by atoms with Crippen LogP contribution in [0.25, 0.3) is 64.6 Å². The van der Waals surface area contributed by atoms with Gasteiger partial charge in [0.25, 0.3) is 0 Å². The first-order chi connectivity index (χ1) is 27.0. The Balaban J connectivity index is 0.000000163. The number of thiophene rings is 1. The average molecular weight is 933 g/mol. The van der Waals surface area contributed by atoms with Gasteiger partial charge in [0.15, 0.2) is 0 Å². The van der Waals surface area contributed by atoms with Crippen LogP contribution in [0.15, 0.2) is 126 Å². The van der Waals surface area contributed by atoms with Gasteiger partial charge in [-0.2, -0.15) is 11.3 Å². The van der Waals surface area contributed by atoms with E-state index in [1.54, 1.807) is 18.3 Å². The molecule has 0 unspecified atom stereocenters. The summed E-state index contributed by atoms with van der Waals surface area (Å²) in [6.07, 6.45) is 7.00. The number of nitrogens with zero attached hydrogens (tertiary/aromatic N) is 2. The fourth-order valence-electron chi connectivity index (χ4n) is 7.39. The molecule has 0 N–H and O–H groups in total. The molecule has 0 saturated heterocycles. The SMILES string of the molecule is C[Si](C)(C)c1ccc(-c2[c-]ccc3c2oc2cc(F)ccc23)nc1.[2H]C([2H])(c1ccccc1)c1ccnc(-c2[c-]cc3sc4c5c(ccc4c3c2)CCCC5)c1.[Ir]. The summed E-state index contributed by atoms with van der Waals surface area (Å²) in [7, 11) is -1.38. The fourth-order valence-corrected chi connectivity index (χ4v) is 9.68. The van der Waals surface area contributed by atoms with Crippen molar-refractivity contribution in [3.8, 4) is 22.5 Å². The van der Waals surface area contributed by atoms with Crippen LogP contribution in [0, 0.1) is 17.9 Å². The summed E-state index contributed by atoms with van der Waals surface area (Å²) < 4.78 is 39.5. The van der Waals surface area contributed by atoms with Crippen molar-refractivity contribution < 1.29 is 31.7 Å². The summed E-state index contributed by atoms with van der Waals surface area (Å²) in [5.41, 5.74) is 8.83. The summed E-state index contributed by atoms with van der Waals surface area (Å²) >= 11 is 1.87. The molecular weight excluding hydrogens is 892 g/mol. The third kappa shape index (κ3) is 7.47. The molecule has 3 nitrogen and oxygen atoms in total. The van der Waals surface area contributed by atoms with E-state index in [1.165, 1.54) is 74.3 Å². The maximum absolute atomic E-state index is 13.5. The van der Waals surface area contributed by atoms with Crippen LogP contribution >= 0.6 is 11.3 Å². The molecule has 10 rings (SSSR count). The number of hydrogen-bond acceptors (Lipinski definition) is 4. The molecule has 1 radical (unpaired) electrons. The smallest absolute Gasteiger partial charge is 0.126 e. The van der Waals surface area contributed by atoms with Gasteiger partial charge in [0.05, 0.1) is 13.7 Å². The maximum Gasteiger partial charge on any atom is 0.126 e. The second-order valence-electron chi connectivity index (χ2n) is 15.0. The van der Waals surface area contributed by atoms with Crippen molar-refractivity contribution in [2.45, 2.75) is 51.7 Å². The number of furan rings is 1. The van der Waals surface area contributed by atoms with E-state index in [1.807, 2.05) is 72.1 Å². The first-order valence-electron chi connectivity index (χ1n) is 19.4. The van der Waals surface area contributed by atoms with Gasteiger partial charge in [-0.05, 0) is 99.2 Å². The van der Waals surface area contributed by atoms with Crippen molar-refractivity contribution in [2.75, 3.05) is 0 Å². The van der Waals surface area contributed by atoms with Crippen molar-refractivity contribution in [1.29, 1.82) is 0 Å². The van der Waals surface area contributed by atoms with Crippen LogP contribution in [0.2, 0.25) is 19.6 Å². The number of rotatable bonds is 5. The molecule has 0 aliphatic heterocycles. The van der Waals surface area contributed by atoms with Crippen molar-refractivity contribution in [1.82, 2.24) is 9.97 Å². The van der Waals surface area contributed by atoms with E-state index in [-0.39, 0.29) is 25.9 Å². The van der Waals surface area contributed by atoms with Crippen molar-refractivity contribution in [3.63, 3.8) is 0 Å². The Kier molecular flexibility index (Phi) is 9.71. The molecule has 0 saturated carbocycles. The Morgan fingerprint density at radius 1 is 0.800 bits per heavy atom. The molecule has 275 valence electrons. The largest absolute Gasteiger partial charge is 0.500 e. The standard InChI is InChI=1S/C28H22NS.C20H17FNOSi.Ir/c1-2-6-19(7-3-1)16-20-14-15-29-26(17-20)22-11-13-27-25(18-22)24-12-10-21-8-4-5-9-23(21)28(24)30-27;1-24(2,3)14-8-10-18(22-12-14)17-6-4-5-16-15-9-7-13(21)11-19(15)23-20(16)17;/h1-3,6-7,10,12-15,17-18H,4-5,8-9,16H2;4-5,7-12H,1-3H3;/q2*-1;/i16D2;;. The van der Waals surface area contributed by atoms with Crippen LogP contribution in [-0.2, 0) is 39.3 Å². The minimum absolute atomic E-state index is 0. The fraction of sp³-hybridized carbons (Fsp3) is 0.167.